The molecule has 16 heteroatoms. The number of β-lactam (4-membered cyclic amide) rings is 1. The Morgan fingerprint density at radius 1 is 1.34 bits per heavy atom. The summed E-state index contributed by atoms with van der Waals surface area (Å²) in [5.74, 6) is -4.40. The number of amides is 5. The number of urea groups is 1. The number of hydrogen-bond donors (Lipinski definition) is 4. The molecule has 3 heterocycles. The van der Waals surface area contributed by atoms with Crippen LogP contribution in [0.2, 0.25) is 0 Å². The van der Waals surface area contributed by atoms with Crippen molar-refractivity contribution >= 4 is 53.2 Å². The molecule has 0 radical (unpaired) electrons. The van der Waals surface area contributed by atoms with Gasteiger partial charge in [-0.15, -0.1) is 11.8 Å². The van der Waals surface area contributed by atoms with Crippen molar-refractivity contribution in [2.75, 3.05) is 19.0 Å². The summed E-state index contributed by atoms with van der Waals surface area (Å²) in [5.41, 5.74) is 4.33. The summed E-state index contributed by atoms with van der Waals surface area (Å²) in [6.45, 7) is 0.145. The molecule has 0 aliphatic carbocycles. The molecular weight excluding hydrogens is 490 g/mol. The maximum absolute atomic E-state index is 12.9. The predicted octanol–water partition coefficient (Wildman–Crippen LogP) is -1.50. The second-order valence-electron chi connectivity index (χ2n) is 7.00. The fourth-order valence-electron chi connectivity index (χ4n) is 3.13. The third kappa shape index (κ3) is 5.78. The van der Waals surface area contributed by atoms with E-state index in [-0.39, 0.29) is 29.4 Å². The number of primary amides is 1. The van der Waals surface area contributed by atoms with Crippen LogP contribution in [0, 0.1) is 0 Å². The second-order valence-corrected chi connectivity index (χ2v) is 8.11. The number of imide groups is 1. The molecule has 186 valence electrons. The summed E-state index contributed by atoms with van der Waals surface area (Å²) in [6, 6.07) is 0.632. The number of furan rings is 1. The Hall–Kier alpha value is -4.34. The largest absolute Gasteiger partial charge is 0.477 e. The number of carboxylic acids is 1. The van der Waals surface area contributed by atoms with E-state index in [0.717, 1.165) is 4.90 Å². The molecule has 2 aliphatic rings. The maximum Gasteiger partial charge on any atom is 0.352 e. The first-order valence-corrected chi connectivity index (χ1v) is 10.8. The number of aliphatic carboxylic acids is 1. The quantitative estimate of drug-likeness (QED) is 0.130. The van der Waals surface area contributed by atoms with Gasteiger partial charge in [0.1, 0.15) is 23.7 Å². The number of carbonyl (C=O) groups excluding carboxylic acids is 5. The minimum atomic E-state index is -1.38. The van der Waals surface area contributed by atoms with E-state index in [2.05, 4.69) is 10.5 Å². The number of rotatable bonds is 9. The number of nitrogens with zero attached hydrogens (tertiary/aromatic N) is 2. The lowest BCUT2D eigenvalue weighted by molar-refractivity contribution is -0.150. The van der Waals surface area contributed by atoms with Crippen LogP contribution in [0.25, 0.3) is 0 Å². The number of carbonyl (C=O) groups is 6. The molecule has 15 nitrogen and oxygen atoms in total. The van der Waals surface area contributed by atoms with Crippen molar-refractivity contribution in [3.05, 3.63) is 35.4 Å². The van der Waals surface area contributed by atoms with Crippen molar-refractivity contribution in [3.8, 4) is 0 Å². The highest BCUT2D eigenvalue weighted by atomic mass is 32.2. The van der Waals surface area contributed by atoms with Crippen LogP contribution in [0.5, 0.6) is 0 Å². The van der Waals surface area contributed by atoms with E-state index in [4.69, 9.17) is 19.7 Å². The molecule has 1 fully saturated rings. The van der Waals surface area contributed by atoms with Gasteiger partial charge in [-0.05, 0) is 12.1 Å². The fraction of sp³-hybridized carbons (Fsp3) is 0.316. The molecule has 0 unspecified atom stereocenters. The summed E-state index contributed by atoms with van der Waals surface area (Å²) >= 11 is 1.17. The average Bonchev–Trinajstić information content (AvgIpc) is 3.31. The fourth-order valence-corrected chi connectivity index (χ4v) is 4.46. The molecule has 0 bridgehead atoms. The van der Waals surface area contributed by atoms with Gasteiger partial charge in [-0.25, -0.2) is 9.59 Å². The normalized spacial score (nSPS) is 19.3. The van der Waals surface area contributed by atoms with Gasteiger partial charge in [-0.3, -0.25) is 29.4 Å². The zero-order valence-electron chi connectivity index (χ0n) is 18.0. The molecule has 2 aliphatic heterocycles. The number of nitrogens with two attached hydrogens (primary N) is 1. The lowest BCUT2D eigenvalue weighted by Gasteiger charge is -2.49. The molecular formula is C19H19N5O10S. The van der Waals surface area contributed by atoms with Crippen molar-refractivity contribution < 1.29 is 47.9 Å². The average molecular weight is 509 g/mol. The van der Waals surface area contributed by atoms with Crippen molar-refractivity contribution in [1.82, 2.24) is 15.5 Å². The van der Waals surface area contributed by atoms with Crippen LogP contribution in [0.4, 0.5) is 4.79 Å². The van der Waals surface area contributed by atoms with E-state index >= 15 is 0 Å². The Labute approximate surface area is 200 Å². The Morgan fingerprint density at radius 2 is 2.09 bits per heavy atom. The minimum absolute atomic E-state index is 0.0486. The standard InChI is InChI=1S/C19H19N5O10S/c1-8(25)33-5-9-7-35-17-13(16(28)24(17)14(9)18(29)30)22-15(27)12(10-3-2-4-32-10)23-34-6-11(26)21-19(20)31/h2-4,13,17H,5-7H2,1H3,(H,22,27)(H,29,30)(H3,20,21,26,31)/t13-,17-/m1/s1. The summed E-state index contributed by atoms with van der Waals surface area (Å²) < 4.78 is 10.0. The first-order valence-electron chi connectivity index (χ1n) is 9.77. The predicted molar refractivity (Wildman–Crippen MR) is 115 cm³/mol. The topological polar surface area (TPSA) is 220 Å². The zero-order chi connectivity index (χ0) is 25.7. The van der Waals surface area contributed by atoms with Gasteiger partial charge in [0.15, 0.2) is 12.4 Å². The zero-order valence-corrected chi connectivity index (χ0v) is 18.8. The smallest absolute Gasteiger partial charge is 0.352 e. The Balaban J connectivity index is 1.73. The summed E-state index contributed by atoms with van der Waals surface area (Å²) in [5, 5.41) is 16.6. The number of fused-ring (bicyclic) bond motifs is 1. The van der Waals surface area contributed by atoms with E-state index in [0.29, 0.717) is 0 Å². The molecule has 2 atom stereocenters. The first kappa shape index (κ1) is 25.3. The van der Waals surface area contributed by atoms with Crippen LogP contribution in [0.3, 0.4) is 0 Å². The van der Waals surface area contributed by atoms with Crippen LogP contribution in [-0.2, 0) is 33.5 Å². The third-order valence-corrected chi connectivity index (χ3v) is 5.91. The van der Waals surface area contributed by atoms with Crippen LogP contribution in [-0.4, -0.2) is 81.8 Å². The van der Waals surface area contributed by atoms with Crippen molar-refractivity contribution in [2.45, 2.75) is 18.3 Å². The van der Waals surface area contributed by atoms with E-state index in [9.17, 15) is 33.9 Å². The van der Waals surface area contributed by atoms with Crippen LogP contribution in [0.1, 0.15) is 12.7 Å². The summed E-state index contributed by atoms with van der Waals surface area (Å²) in [7, 11) is 0. The van der Waals surface area contributed by atoms with Gasteiger partial charge in [0, 0.05) is 18.2 Å². The first-order chi connectivity index (χ1) is 16.6. The Morgan fingerprint density at radius 3 is 2.69 bits per heavy atom. The van der Waals surface area contributed by atoms with E-state index in [1.165, 1.54) is 37.1 Å². The molecule has 1 saturated heterocycles. The molecule has 0 aromatic carbocycles. The number of nitrogens with one attached hydrogen (secondary N) is 2. The number of esters is 1. The minimum Gasteiger partial charge on any atom is -0.477 e. The molecule has 1 aromatic heterocycles. The van der Waals surface area contributed by atoms with E-state index in [1.54, 1.807) is 5.32 Å². The van der Waals surface area contributed by atoms with Gasteiger partial charge < -0.3 is 30.1 Å². The summed E-state index contributed by atoms with van der Waals surface area (Å²) in [6.07, 6.45) is 1.25. The van der Waals surface area contributed by atoms with Crippen LogP contribution >= 0.6 is 11.8 Å². The Bertz CT molecular complexity index is 1130. The van der Waals surface area contributed by atoms with Gasteiger partial charge >= 0.3 is 18.0 Å². The van der Waals surface area contributed by atoms with Crippen LogP contribution < -0.4 is 16.4 Å². The number of ether oxygens (including phenoxy) is 1. The monoisotopic (exact) mass is 509 g/mol. The van der Waals surface area contributed by atoms with Crippen molar-refractivity contribution in [1.29, 1.82) is 0 Å². The van der Waals surface area contributed by atoms with E-state index < -0.39 is 59.4 Å². The molecule has 1 aromatic rings. The Kier molecular flexibility index (Phi) is 7.75. The number of carboxylic acid groups (broad SMARTS) is 1. The molecule has 35 heavy (non-hydrogen) atoms. The summed E-state index contributed by atoms with van der Waals surface area (Å²) in [4.78, 5) is 76.4. The molecule has 5 amide bonds. The molecule has 0 saturated carbocycles. The van der Waals surface area contributed by atoms with E-state index in [1.807, 2.05) is 0 Å². The maximum atomic E-state index is 12.9. The number of thioether (sulfide) groups is 1. The highest BCUT2D eigenvalue weighted by Gasteiger charge is 2.54. The molecule has 0 spiro atoms. The number of hydrogen-bond acceptors (Lipinski definition) is 11. The van der Waals surface area contributed by atoms with Crippen LogP contribution in [0.15, 0.2) is 39.2 Å². The second kappa shape index (κ2) is 10.7. The van der Waals surface area contributed by atoms with Gasteiger partial charge in [-0.2, -0.15) is 0 Å². The highest BCUT2D eigenvalue weighted by molar-refractivity contribution is 8.00. The highest BCUT2D eigenvalue weighted by Crippen LogP contribution is 2.40. The van der Waals surface area contributed by atoms with Crippen molar-refractivity contribution in [3.63, 3.8) is 0 Å². The van der Waals surface area contributed by atoms with Gasteiger partial charge in [0.25, 0.3) is 17.7 Å². The van der Waals surface area contributed by atoms with Crippen molar-refractivity contribution in [2.24, 2.45) is 10.9 Å². The molecule has 5 N–H and O–H groups in total. The lowest BCUT2D eigenvalue weighted by atomic mass is 10.0. The molecule has 3 rings (SSSR count). The number of oxime groups is 1. The SMILES string of the molecule is CC(=O)OCC1=C(C(=O)O)N2C(=O)[C@@H](NC(=O)C(=NOCC(=O)NC(N)=O)c3ccco3)[C@H]2SC1. The third-order valence-electron chi connectivity index (χ3n) is 4.57. The van der Waals surface area contributed by atoms with Gasteiger partial charge in [0.2, 0.25) is 5.71 Å². The van der Waals surface area contributed by atoms with Gasteiger partial charge in [-0.1, -0.05) is 5.16 Å². The van der Waals surface area contributed by atoms with Gasteiger partial charge in [0.05, 0.1) is 6.26 Å². The lowest BCUT2D eigenvalue weighted by Crippen LogP contribution is -2.71.